The van der Waals surface area contributed by atoms with Crippen LogP contribution in [0.5, 0.6) is 17.2 Å². The molecule has 0 aromatic heterocycles. The van der Waals surface area contributed by atoms with Crippen LogP contribution < -0.4 is 9.47 Å². The van der Waals surface area contributed by atoms with Crippen LogP contribution >= 0.6 is 0 Å². The molecule has 0 amide bonds. The molecule has 2 nitrogen and oxygen atoms in total. The minimum absolute atomic E-state index is 0.599. The van der Waals surface area contributed by atoms with E-state index in [2.05, 4.69) is 6.08 Å². The molecule has 17 heavy (non-hydrogen) atoms. The van der Waals surface area contributed by atoms with Crippen LogP contribution in [0.3, 0.4) is 0 Å². The summed E-state index contributed by atoms with van der Waals surface area (Å²) in [6.07, 6.45) is 4.05. The number of rotatable bonds is 2. The van der Waals surface area contributed by atoms with E-state index in [-0.39, 0.29) is 0 Å². The van der Waals surface area contributed by atoms with Gasteiger partial charge in [0.25, 0.3) is 0 Å². The van der Waals surface area contributed by atoms with Crippen LogP contribution in [0, 0.1) is 0 Å². The Bertz CT molecular complexity index is 544. The molecule has 0 saturated heterocycles. The molecule has 0 spiro atoms. The number of hydrogen-bond acceptors (Lipinski definition) is 2. The van der Waals surface area contributed by atoms with Gasteiger partial charge in [0.2, 0.25) is 0 Å². The largest absolute Gasteiger partial charge is 0.485 e. The van der Waals surface area contributed by atoms with E-state index < -0.39 is 0 Å². The van der Waals surface area contributed by atoms with Gasteiger partial charge in [-0.3, -0.25) is 0 Å². The topological polar surface area (TPSA) is 18.5 Å². The Kier molecular flexibility index (Phi) is 2.54. The summed E-state index contributed by atoms with van der Waals surface area (Å²) < 4.78 is 11.4. The summed E-state index contributed by atoms with van der Waals surface area (Å²) >= 11 is 0. The quantitative estimate of drug-likeness (QED) is 0.770. The van der Waals surface area contributed by atoms with Crippen LogP contribution in [-0.2, 0) is 0 Å². The first-order valence-corrected chi connectivity index (χ1v) is 5.59. The minimum Gasteiger partial charge on any atom is -0.485 e. The number of benzene rings is 2. The van der Waals surface area contributed by atoms with Crippen molar-refractivity contribution in [2.45, 2.75) is 0 Å². The molecule has 2 aromatic rings. The predicted molar refractivity (Wildman–Crippen MR) is 67.5 cm³/mol. The maximum Gasteiger partial charge on any atom is 0.169 e. The highest BCUT2D eigenvalue weighted by atomic mass is 16.5. The van der Waals surface area contributed by atoms with Crippen LogP contribution in [0.25, 0.3) is 6.08 Å². The monoisotopic (exact) mass is 224 g/mol. The molecule has 84 valence electrons. The van der Waals surface area contributed by atoms with E-state index in [9.17, 15) is 0 Å². The van der Waals surface area contributed by atoms with E-state index >= 15 is 0 Å². The molecule has 1 aliphatic heterocycles. The molecular formula is C15H12O2. The maximum absolute atomic E-state index is 5.82. The Morgan fingerprint density at radius 3 is 2.71 bits per heavy atom. The fourth-order valence-corrected chi connectivity index (χ4v) is 1.82. The molecule has 0 unspecified atom stereocenters. The van der Waals surface area contributed by atoms with Crippen molar-refractivity contribution in [1.29, 1.82) is 0 Å². The van der Waals surface area contributed by atoms with Crippen molar-refractivity contribution in [2.75, 3.05) is 6.61 Å². The summed E-state index contributed by atoms with van der Waals surface area (Å²) in [7, 11) is 0. The van der Waals surface area contributed by atoms with Gasteiger partial charge in [0.05, 0.1) is 0 Å². The molecule has 0 radical (unpaired) electrons. The Hall–Kier alpha value is -2.22. The van der Waals surface area contributed by atoms with Gasteiger partial charge >= 0.3 is 0 Å². The highest BCUT2D eigenvalue weighted by Gasteiger charge is 2.12. The number of hydrogen-bond donors (Lipinski definition) is 0. The van der Waals surface area contributed by atoms with Crippen molar-refractivity contribution in [3.8, 4) is 17.2 Å². The first kappa shape index (κ1) is 9.97. The van der Waals surface area contributed by atoms with Crippen molar-refractivity contribution in [3.63, 3.8) is 0 Å². The molecule has 0 fully saturated rings. The average molecular weight is 224 g/mol. The van der Waals surface area contributed by atoms with Crippen molar-refractivity contribution in [2.24, 2.45) is 0 Å². The third-order valence-electron chi connectivity index (χ3n) is 2.60. The van der Waals surface area contributed by atoms with E-state index in [4.69, 9.17) is 9.47 Å². The maximum atomic E-state index is 5.82. The molecule has 0 N–H and O–H groups in total. The summed E-state index contributed by atoms with van der Waals surface area (Å²) in [5, 5.41) is 0. The zero-order valence-electron chi connectivity index (χ0n) is 9.30. The van der Waals surface area contributed by atoms with Crippen LogP contribution in [0.4, 0.5) is 0 Å². The van der Waals surface area contributed by atoms with Gasteiger partial charge in [0.1, 0.15) is 12.4 Å². The molecule has 3 rings (SSSR count). The summed E-state index contributed by atoms with van der Waals surface area (Å²) in [5.41, 5.74) is 1.06. The van der Waals surface area contributed by atoms with Crippen LogP contribution in [0.1, 0.15) is 5.56 Å². The number of ether oxygens (including phenoxy) is 2. The molecule has 0 saturated carbocycles. The lowest BCUT2D eigenvalue weighted by Crippen LogP contribution is -2.01. The third-order valence-corrected chi connectivity index (χ3v) is 2.60. The summed E-state index contributed by atoms with van der Waals surface area (Å²) in [4.78, 5) is 0. The van der Waals surface area contributed by atoms with Gasteiger partial charge in [-0.25, -0.2) is 0 Å². The molecule has 0 bridgehead atoms. The molecule has 0 atom stereocenters. The molecule has 1 aliphatic rings. The molecule has 2 heteroatoms. The normalized spacial score (nSPS) is 12.7. The van der Waals surface area contributed by atoms with E-state index in [1.165, 1.54) is 0 Å². The number of fused-ring (bicyclic) bond motifs is 1. The highest BCUT2D eigenvalue weighted by molar-refractivity contribution is 5.64. The molecule has 2 aromatic carbocycles. The second-order valence-corrected chi connectivity index (χ2v) is 3.80. The van der Waals surface area contributed by atoms with Crippen molar-refractivity contribution >= 4 is 6.08 Å². The standard InChI is InChI=1S/C15H12O2/c1-2-8-13(9-3-1)17-14-10-4-6-12-7-5-11-16-15(12)14/h1-10H,11H2. The van der Waals surface area contributed by atoms with Gasteiger partial charge in [-0.15, -0.1) is 0 Å². The first-order valence-electron chi connectivity index (χ1n) is 5.59. The zero-order valence-corrected chi connectivity index (χ0v) is 9.30. The lowest BCUT2D eigenvalue weighted by atomic mass is 10.1. The van der Waals surface area contributed by atoms with Gasteiger partial charge < -0.3 is 9.47 Å². The van der Waals surface area contributed by atoms with Crippen LogP contribution in [0.2, 0.25) is 0 Å². The smallest absolute Gasteiger partial charge is 0.169 e. The van der Waals surface area contributed by atoms with Crippen LogP contribution in [-0.4, -0.2) is 6.61 Å². The molecule has 1 heterocycles. The van der Waals surface area contributed by atoms with Crippen LogP contribution in [0.15, 0.2) is 54.6 Å². The fourth-order valence-electron chi connectivity index (χ4n) is 1.82. The lowest BCUT2D eigenvalue weighted by Gasteiger charge is -2.16. The highest BCUT2D eigenvalue weighted by Crippen LogP contribution is 2.36. The Morgan fingerprint density at radius 2 is 1.82 bits per heavy atom. The Morgan fingerprint density at radius 1 is 0.941 bits per heavy atom. The second-order valence-electron chi connectivity index (χ2n) is 3.80. The fraction of sp³-hybridized carbons (Fsp3) is 0.0667. The lowest BCUT2D eigenvalue weighted by molar-refractivity contribution is 0.336. The van der Waals surface area contributed by atoms with E-state index in [1.807, 2.05) is 54.6 Å². The zero-order chi connectivity index (χ0) is 11.5. The summed E-state index contributed by atoms with van der Waals surface area (Å²) in [6, 6.07) is 15.6. The summed E-state index contributed by atoms with van der Waals surface area (Å²) in [5.74, 6) is 2.40. The SMILES string of the molecule is C1=Cc2cccc(Oc3ccccc3)c2OC1. The van der Waals surface area contributed by atoms with Gasteiger partial charge in [0.15, 0.2) is 11.5 Å². The number of para-hydroxylation sites is 2. The third kappa shape index (κ3) is 2.02. The van der Waals surface area contributed by atoms with Crippen molar-refractivity contribution in [3.05, 3.63) is 60.2 Å². The van der Waals surface area contributed by atoms with Crippen molar-refractivity contribution < 1.29 is 9.47 Å². The molecular weight excluding hydrogens is 212 g/mol. The minimum atomic E-state index is 0.599. The van der Waals surface area contributed by atoms with Gasteiger partial charge in [-0.2, -0.15) is 0 Å². The Balaban J connectivity index is 1.96. The van der Waals surface area contributed by atoms with Gasteiger partial charge in [0, 0.05) is 5.56 Å². The molecule has 0 aliphatic carbocycles. The van der Waals surface area contributed by atoms with E-state index in [0.717, 1.165) is 22.8 Å². The Labute approximate surface area is 100 Å². The van der Waals surface area contributed by atoms with Gasteiger partial charge in [-0.05, 0) is 24.3 Å². The predicted octanol–water partition coefficient (Wildman–Crippen LogP) is 3.88. The van der Waals surface area contributed by atoms with Crippen molar-refractivity contribution in [1.82, 2.24) is 0 Å². The first-order chi connectivity index (χ1) is 8.43. The summed E-state index contributed by atoms with van der Waals surface area (Å²) in [6.45, 7) is 0.599. The second kappa shape index (κ2) is 4.34. The van der Waals surface area contributed by atoms with E-state index in [0.29, 0.717) is 6.61 Å². The van der Waals surface area contributed by atoms with E-state index in [1.54, 1.807) is 0 Å². The average Bonchev–Trinajstić information content (AvgIpc) is 2.40. The van der Waals surface area contributed by atoms with Gasteiger partial charge in [-0.1, -0.05) is 36.4 Å².